The Hall–Kier alpha value is -0.130. The normalized spacial score (nSPS) is 13.0. The summed E-state index contributed by atoms with van der Waals surface area (Å²) in [7, 11) is 0. The van der Waals surface area contributed by atoms with Gasteiger partial charge in [-0.3, -0.25) is 0 Å². The van der Waals surface area contributed by atoms with Crippen LogP contribution in [0.2, 0.25) is 0 Å². The van der Waals surface area contributed by atoms with Crippen LogP contribution in [0.5, 0.6) is 0 Å². The number of nitrogens with one attached hydrogen (secondary N) is 1. The molecule has 86 valence electrons. The minimum atomic E-state index is 0.617. The molecule has 1 N–H and O–H groups in total. The first-order valence-electron chi connectivity index (χ1n) is 5.45. The van der Waals surface area contributed by atoms with Gasteiger partial charge >= 0.3 is 0 Å². The Labute approximate surface area is 100 Å². The van der Waals surface area contributed by atoms with E-state index in [1.165, 1.54) is 18.0 Å². The zero-order valence-electron chi connectivity index (χ0n) is 9.62. The summed E-state index contributed by atoms with van der Waals surface area (Å²) in [5, 5.41) is 3.46. The SMILES string of the molecule is CCc1nsc(SCCNC(C)CC)n1. The molecule has 0 fully saturated rings. The Kier molecular flexibility index (Phi) is 6.20. The van der Waals surface area contributed by atoms with Gasteiger partial charge in [-0.05, 0) is 24.9 Å². The molecule has 0 aliphatic heterocycles. The van der Waals surface area contributed by atoms with Crippen molar-refractivity contribution in [2.24, 2.45) is 0 Å². The van der Waals surface area contributed by atoms with Crippen molar-refractivity contribution >= 4 is 23.3 Å². The Bertz CT molecular complexity index is 275. The van der Waals surface area contributed by atoms with Crippen LogP contribution in [0.15, 0.2) is 4.34 Å². The molecule has 1 aromatic heterocycles. The third kappa shape index (κ3) is 4.95. The molecule has 0 saturated carbocycles. The number of nitrogens with zero attached hydrogens (tertiary/aromatic N) is 2. The molecule has 1 heterocycles. The maximum absolute atomic E-state index is 4.41. The topological polar surface area (TPSA) is 37.8 Å². The minimum absolute atomic E-state index is 0.617. The van der Waals surface area contributed by atoms with Gasteiger partial charge in [0.15, 0.2) is 4.34 Å². The lowest BCUT2D eigenvalue weighted by Gasteiger charge is -2.09. The highest BCUT2D eigenvalue weighted by atomic mass is 32.2. The fourth-order valence-electron chi connectivity index (χ4n) is 1.03. The molecule has 5 heteroatoms. The first-order chi connectivity index (χ1) is 7.26. The van der Waals surface area contributed by atoms with Crippen LogP contribution in [0.25, 0.3) is 0 Å². The van der Waals surface area contributed by atoms with Gasteiger partial charge < -0.3 is 5.32 Å². The molecule has 1 atom stereocenters. The Morgan fingerprint density at radius 3 is 2.87 bits per heavy atom. The van der Waals surface area contributed by atoms with Gasteiger partial charge in [-0.25, -0.2) is 4.98 Å². The van der Waals surface area contributed by atoms with Gasteiger partial charge in [0.1, 0.15) is 5.82 Å². The third-order valence-corrected chi connectivity index (χ3v) is 4.07. The monoisotopic (exact) mass is 245 g/mol. The lowest BCUT2D eigenvalue weighted by molar-refractivity contribution is 0.555. The van der Waals surface area contributed by atoms with Crippen molar-refractivity contribution < 1.29 is 0 Å². The molecule has 0 aliphatic carbocycles. The quantitative estimate of drug-likeness (QED) is 0.592. The number of hydrogen-bond acceptors (Lipinski definition) is 5. The van der Waals surface area contributed by atoms with Crippen molar-refractivity contribution in [2.75, 3.05) is 12.3 Å². The van der Waals surface area contributed by atoms with Crippen molar-refractivity contribution in [2.45, 2.75) is 44.0 Å². The number of aryl methyl sites for hydroxylation is 1. The zero-order chi connectivity index (χ0) is 11.1. The van der Waals surface area contributed by atoms with Crippen molar-refractivity contribution in [3.05, 3.63) is 5.82 Å². The fourth-order valence-corrected chi connectivity index (χ4v) is 2.66. The smallest absolute Gasteiger partial charge is 0.170 e. The second kappa shape index (κ2) is 7.19. The number of aromatic nitrogens is 2. The molecule has 1 unspecified atom stereocenters. The summed E-state index contributed by atoms with van der Waals surface area (Å²) in [5.41, 5.74) is 0. The molecular weight excluding hydrogens is 226 g/mol. The Morgan fingerprint density at radius 2 is 2.27 bits per heavy atom. The van der Waals surface area contributed by atoms with Crippen molar-refractivity contribution in [3.8, 4) is 0 Å². The number of hydrogen-bond donors (Lipinski definition) is 1. The molecule has 15 heavy (non-hydrogen) atoms. The first kappa shape index (κ1) is 12.9. The molecular formula is C10H19N3S2. The summed E-state index contributed by atoms with van der Waals surface area (Å²) >= 11 is 3.30. The molecule has 0 saturated heterocycles. The Balaban J connectivity index is 2.14. The average Bonchev–Trinajstić information content (AvgIpc) is 2.72. The minimum Gasteiger partial charge on any atom is -0.313 e. The van der Waals surface area contributed by atoms with Crippen LogP contribution in [0.1, 0.15) is 33.0 Å². The predicted octanol–water partition coefficient (Wildman–Crippen LogP) is 2.58. The van der Waals surface area contributed by atoms with Crippen molar-refractivity contribution in [1.29, 1.82) is 0 Å². The van der Waals surface area contributed by atoms with E-state index in [0.717, 1.165) is 28.9 Å². The summed E-state index contributed by atoms with van der Waals surface area (Å²) in [6.45, 7) is 7.54. The first-order valence-corrected chi connectivity index (χ1v) is 7.20. The lowest BCUT2D eigenvalue weighted by atomic mass is 10.3. The van der Waals surface area contributed by atoms with E-state index in [2.05, 4.69) is 35.4 Å². The van der Waals surface area contributed by atoms with Gasteiger partial charge in [-0.2, -0.15) is 4.37 Å². The zero-order valence-corrected chi connectivity index (χ0v) is 11.2. The molecule has 0 aromatic carbocycles. The maximum atomic E-state index is 4.41. The Morgan fingerprint density at radius 1 is 1.47 bits per heavy atom. The van der Waals surface area contributed by atoms with E-state index in [-0.39, 0.29) is 0 Å². The summed E-state index contributed by atoms with van der Waals surface area (Å²) < 4.78 is 5.35. The van der Waals surface area contributed by atoms with Crippen LogP contribution in [0.3, 0.4) is 0 Å². The van der Waals surface area contributed by atoms with Gasteiger partial charge in [0.25, 0.3) is 0 Å². The van der Waals surface area contributed by atoms with E-state index in [1.807, 2.05) is 0 Å². The van der Waals surface area contributed by atoms with Gasteiger partial charge in [0, 0.05) is 24.8 Å². The molecule has 3 nitrogen and oxygen atoms in total. The van der Waals surface area contributed by atoms with Crippen LogP contribution >= 0.6 is 23.3 Å². The fraction of sp³-hybridized carbons (Fsp3) is 0.800. The van der Waals surface area contributed by atoms with Crippen LogP contribution < -0.4 is 5.32 Å². The van der Waals surface area contributed by atoms with E-state index < -0.39 is 0 Å². The molecule has 1 rings (SSSR count). The van der Waals surface area contributed by atoms with Crippen molar-refractivity contribution in [1.82, 2.24) is 14.7 Å². The van der Waals surface area contributed by atoms with E-state index in [0.29, 0.717) is 6.04 Å². The van der Waals surface area contributed by atoms with E-state index >= 15 is 0 Å². The molecule has 0 aliphatic rings. The number of rotatable bonds is 7. The van der Waals surface area contributed by atoms with Gasteiger partial charge in [-0.1, -0.05) is 25.6 Å². The summed E-state index contributed by atoms with van der Waals surface area (Å²) in [5.74, 6) is 2.04. The summed E-state index contributed by atoms with van der Waals surface area (Å²) in [6, 6.07) is 0.617. The highest BCUT2D eigenvalue weighted by molar-refractivity contribution is 8.00. The summed E-state index contributed by atoms with van der Waals surface area (Å²) in [6.07, 6.45) is 2.12. The number of thioether (sulfide) groups is 1. The van der Waals surface area contributed by atoms with Gasteiger partial charge in [0.05, 0.1) is 0 Å². The van der Waals surface area contributed by atoms with Crippen LogP contribution in [0, 0.1) is 0 Å². The highest BCUT2D eigenvalue weighted by Crippen LogP contribution is 2.19. The largest absolute Gasteiger partial charge is 0.313 e. The lowest BCUT2D eigenvalue weighted by Crippen LogP contribution is -2.27. The molecule has 0 bridgehead atoms. The second-order valence-corrected chi connectivity index (χ2v) is 5.54. The van der Waals surface area contributed by atoms with Gasteiger partial charge in [-0.15, -0.1) is 0 Å². The molecule has 0 amide bonds. The second-order valence-electron chi connectivity index (χ2n) is 3.44. The van der Waals surface area contributed by atoms with Crippen LogP contribution in [0.4, 0.5) is 0 Å². The standard InChI is InChI=1S/C10H19N3S2/c1-4-8(3)11-6-7-14-10-12-9(5-2)13-15-10/h8,11H,4-7H2,1-3H3. The average molecular weight is 245 g/mol. The molecule has 1 aromatic rings. The van der Waals surface area contributed by atoms with Crippen LogP contribution in [-0.4, -0.2) is 27.7 Å². The highest BCUT2D eigenvalue weighted by Gasteiger charge is 2.02. The molecule has 0 spiro atoms. The van der Waals surface area contributed by atoms with E-state index in [9.17, 15) is 0 Å². The summed E-state index contributed by atoms with van der Waals surface area (Å²) in [4.78, 5) is 4.41. The van der Waals surface area contributed by atoms with Crippen LogP contribution in [-0.2, 0) is 6.42 Å². The van der Waals surface area contributed by atoms with Gasteiger partial charge in [0.2, 0.25) is 0 Å². The predicted molar refractivity (Wildman–Crippen MR) is 67.8 cm³/mol. The maximum Gasteiger partial charge on any atom is 0.170 e. The van der Waals surface area contributed by atoms with E-state index in [4.69, 9.17) is 0 Å². The van der Waals surface area contributed by atoms with Crippen molar-refractivity contribution in [3.63, 3.8) is 0 Å². The third-order valence-electron chi connectivity index (χ3n) is 2.20. The van der Waals surface area contributed by atoms with E-state index in [1.54, 1.807) is 11.8 Å². The molecule has 0 radical (unpaired) electrons.